The zero-order chi connectivity index (χ0) is 19.9. The molecule has 2 aromatic carbocycles. The molecular formula is C22H26N2O2S. The number of nitrogens with two attached hydrogens (primary N) is 1. The van der Waals surface area contributed by atoms with E-state index in [4.69, 9.17) is 4.79 Å². The molecule has 3 rings (SSSR count). The lowest BCUT2D eigenvalue weighted by Gasteiger charge is -2.20. The smallest absolute Gasteiger partial charge is 0.254 e. The lowest BCUT2D eigenvalue weighted by molar-refractivity contribution is -0.106. The highest BCUT2D eigenvalue weighted by Gasteiger charge is 2.14. The van der Waals surface area contributed by atoms with Crippen molar-refractivity contribution in [2.75, 3.05) is 6.54 Å². The molecule has 27 heavy (non-hydrogen) atoms. The minimum atomic E-state index is 0.101. The van der Waals surface area contributed by atoms with Gasteiger partial charge in [0.15, 0.2) is 0 Å². The number of hydrogen-bond acceptors (Lipinski definition) is 3. The first-order valence-corrected chi connectivity index (χ1v) is 9.54. The highest BCUT2D eigenvalue weighted by Crippen LogP contribution is 2.17. The molecule has 0 spiro atoms. The second kappa shape index (κ2) is 13.3. The van der Waals surface area contributed by atoms with Crippen LogP contribution in [0.5, 0.6) is 0 Å². The Bertz CT molecular complexity index is 747. The second-order valence-electron chi connectivity index (χ2n) is 5.57. The van der Waals surface area contributed by atoms with Crippen LogP contribution in [0.25, 0.3) is 0 Å². The van der Waals surface area contributed by atoms with Gasteiger partial charge in [0.2, 0.25) is 6.41 Å². The van der Waals surface area contributed by atoms with Crippen LogP contribution in [-0.2, 0) is 11.3 Å². The summed E-state index contributed by atoms with van der Waals surface area (Å²) in [5, 5.41) is 2.12. The predicted molar refractivity (Wildman–Crippen MR) is 113 cm³/mol. The molecule has 142 valence electrons. The van der Waals surface area contributed by atoms with E-state index in [-0.39, 0.29) is 12.3 Å². The molecule has 2 amide bonds. The van der Waals surface area contributed by atoms with E-state index in [1.54, 1.807) is 11.3 Å². The molecule has 0 fully saturated rings. The van der Waals surface area contributed by atoms with Crippen LogP contribution in [0.15, 0.2) is 78.2 Å². The Morgan fingerprint density at radius 1 is 1.04 bits per heavy atom. The van der Waals surface area contributed by atoms with Gasteiger partial charge in [0.05, 0.1) is 6.54 Å². The van der Waals surface area contributed by atoms with Crippen molar-refractivity contribution in [3.05, 3.63) is 94.2 Å². The summed E-state index contributed by atoms with van der Waals surface area (Å²) in [6, 6.07) is 23.6. The maximum Gasteiger partial charge on any atom is 0.254 e. The zero-order valence-corrected chi connectivity index (χ0v) is 16.6. The molecule has 5 heteroatoms. The van der Waals surface area contributed by atoms with Crippen LogP contribution in [0.2, 0.25) is 0 Å². The summed E-state index contributed by atoms with van der Waals surface area (Å²) < 4.78 is 0. The first-order valence-electron chi connectivity index (χ1n) is 8.66. The number of carbonyl (C=O) groups is 2. The highest BCUT2D eigenvalue weighted by molar-refractivity contribution is 7.10. The van der Waals surface area contributed by atoms with Crippen molar-refractivity contribution in [2.45, 2.75) is 20.4 Å². The number of benzene rings is 2. The van der Waals surface area contributed by atoms with E-state index in [1.807, 2.05) is 78.6 Å². The quantitative estimate of drug-likeness (QED) is 0.675. The van der Waals surface area contributed by atoms with Crippen molar-refractivity contribution in [2.24, 2.45) is 5.73 Å². The van der Waals surface area contributed by atoms with E-state index < -0.39 is 0 Å². The summed E-state index contributed by atoms with van der Waals surface area (Å²) >= 11 is 1.71. The average molecular weight is 383 g/mol. The number of rotatable bonds is 4. The van der Waals surface area contributed by atoms with Crippen LogP contribution in [-0.4, -0.2) is 23.8 Å². The van der Waals surface area contributed by atoms with Crippen LogP contribution in [0, 0.1) is 6.92 Å². The van der Waals surface area contributed by atoms with E-state index >= 15 is 0 Å². The lowest BCUT2D eigenvalue weighted by atomic mass is 10.2. The Labute approximate surface area is 165 Å². The zero-order valence-electron chi connectivity index (χ0n) is 15.7. The molecule has 1 heterocycles. The number of thiophene rings is 1. The fraction of sp³-hybridized carbons (Fsp3) is 0.182. The first-order chi connectivity index (χ1) is 13.1. The van der Waals surface area contributed by atoms with Crippen LogP contribution < -0.4 is 5.73 Å². The summed E-state index contributed by atoms with van der Waals surface area (Å²) in [5.74, 6) is 0.101. The van der Waals surface area contributed by atoms with Gasteiger partial charge in [-0.3, -0.25) is 9.59 Å². The van der Waals surface area contributed by atoms with Crippen molar-refractivity contribution in [1.82, 2.24) is 4.90 Å². The van der Waals surface area contributed by atoms with Crippen LogP contribution in [0.1, 0.15) is 27.7 Å². The van der Waals surface area contributed by atoms with Gasteiger partial charge < -0.3 is 10.6 Å². The van der Waals surface area contributed by atoms with E-state index in [0.29, 0.717) is 6.54 Å². The number of primary amides is 1. The van der Waals surface area contributed by atoms with E-state index in [9.17, 15) is 4.79 Å². The molecule has 0 saturated carbocycles. The largest absolute Gasteiger partial charge is 0.372 e. The summed E-state index contributed by atoms with van der Waals surface area (Å²) in [7, 11) is 0. The molecule has 1 aromatic heterocycles. The third kappa shape index (κ3) is 8.83. The molecule has 2 N–H and O–H groups in total. The number of nitrogens with zero attached hydrogens (tertiary/aromatic N) is 1. The van der Waals surface area contributed by atoms with Crippen molar-refractivity contribution < 1.29 is 9.59 Å². The fourth-order valence-corrected chi connectivity index (χ4v) is 3.13. The molecular weight excluding hydrogens is 356 g/mol. The number of amides is 2. The Kier molecular flexibility index (Phi) is 10.9. The van der Waals surface area contributed by atoms with Gasteiger partial charge >= 0.3 is 0 Å². The summed E-state index contributed by atoms with van der Waals surface area (Å²) in [6.07, 6.45) is 0.250. The predicted octanol–water partition coefficient (Wildman–Crippen LogP) is 4.51. The molecule has 0 unspecified atom stereocenters. The van der Waals surface area contributed by atoms with Crippen molar-refractivity contribution >= 4 is 23.7 Å². The Hall–Kier alpha value is -2.92. The standard InChI is InChI=1S/C15H17NOS.C6H6.CH3NO/c1-3-16(10-14-9-12(2)11-18-14)15(17)13-7-5-4-6-8-13;1-2-4-6-5-3-1;2-1-3/h4-9,11H,3,10H2,1-2H3;1-6H;1H,(H2,2,3). The maximum atomic E-state index is 12.3. The van der Waals surface area contributed by atoms with Gasteiger partial charge in [0.25, 0.3) is 5.91 Å². The minimum absolute atomic E-state index is 0.101. The molecule has 0 bridgehead atoms. The number of aryl methyl sites for hydroxylation is 1. The van der Waals surface area contributed by atoms with Gasteiger partial charge in [-0.2, -0.15) is 0 Å². The highest BCUT2D eigenvalue weighted by atomic mass is 32.1. The van der Waals surface area contributed by atoms with Gasteiger partial charge in [-0.25, -0.2) is 0 Å². The molecule has 0 aliphatic rings. The van der Waals surface area contributed by atoms with E-state index in [1.165, 1.54) is 10.4 Å². The van der Waals surface area contributed by atoms with Gasteiger partial charge in [0, 0.05) is 17.0 Å². The van der Waals surface area contributed by atoms with E-state index in [0.717, 1.165) is 12.1 Å². The monoisotopic (exact) mass is 382 g/mol. The second-order valence-corrected chi connectivity index (χ2v) is 6.56. The molecule has 0 aliphatic carbocycles. The average Bonchev–Trinajstić information content (AvgIpc) is 3.13. The van der Waals surface area contributed by atoms with Crippen molar-refractivity contribution in [3.63, 3.8) is 0 Å². The molecule has 0 atom stereocenters. The van der Waals surface area contributed by atoms with E-state index in [2.05, 4.69) is 24.1 Å². The van der Waals surface area contributed by atoms with Crippen LogP contribution in [0.4, 0.5) is 0 Å². The van der Waals surface area contributed by atoms with Gasteiger partial charge in [0.1, 0.15) is 0 Å². The Balaban J connectivity index is 0.000000335. The topological polar surface area (TPSA) is 63.4 Å². The fourth-order valence-electron chi connectivity index (χ4n) is 2.24. The van der Waals surface area contributed by atoms with Crippen molar-refractivity contribution in [3.8, 4) is 0 Å². The van der Waals surface area contributed by atoms with Gasteiger partial charge in [-0.05, 0) is 43.0 Å². The molecule has 0 saturated heterocycles. The molecule has 0 radical (unpaired) electrons. The third-order valence-corrected chi connectivity index (χ3v) is 4.53. The lowest BCUT2D eigenvalue weighted by Crippen LogP contribution is -2.29. The van der Waals surface area contributed by atoms with Crippen LogP contribution in [0.3, 0.4) is 0 Å². The molecule has 3 aromatic rings. The number of hydrogen-bond donors (Lipinski definition) is 1. The summed E-state index contributed by atoms with van der Waals surface area (Å²) in [4.78, 5) is 24.0. The van der Waals surface area contributed by atoms with Crippen LogP contribution >= 0.6 is 11.3 Å². The number of carbonyl (C=O) groups excluding carboxylic acids is 2. The summed E-state index contributed by atoms with van der Waals surface area (Å²) in [6.45, 7) is 5.52. The van der Waals surface area contributed by atoms with Crippen molar-refractivity contribution in [1.29, 1.82) is 0 Å². The third-order valence-electron chi connectivity index (χ3n) is 3.49. The minimum Gasteiger partial charge on any atom is -0.372 e. The SMILES string of the molecule is CCN(Cc1cc(C)cs1)C(=O)c1ccccc1.NC=O.c1ccccc1. The Morgan fingerprint density at radius 3 is 1.93 bits per heavy atom. The Morgan fingerprint density at radius 2 is 1.52 bits per heavy atom. The van der Waals surface area contributed by atoms with Gasteiger partial charge in [-0.15, -0.1) is 11.3 Å². The first kappa shape index (κ1) is 22.1. The molecule has 0 aliphatic heterocycles. The normalized spacial score (nSPS) is 9.11. The summed E-state index contributed by atoms with van der Waals surface area (Å²) in [5.41, 5.74) is 6.19. The molecule has 4 nitrogen and oxygen atoms in total. The van der Waals surface area contributed by atoms with Gasteiger partial charge in [-0.1, -0.05) is 54.6 Å². The maximum absolute atomic E-state index is 12.3.